The van der Waals surface area contributed by atoms with E-state index in [-0.39, 0.29) is 12.5 Å². The summed E-state index contributed by atoms with van der Waals surface area (Å²) >= 11 is 1.47. The smallest absolute Gasteiger partial charge is 0.262 e. The first-order valence-corrected chi connectivity index (χ1v) is 10.7. The summed E-state index contributed by atoms with van der Waals surface area (Å²) in [6, 6.07) is 17.0. The number of H-pyrrole nitrogens is 1. The Morgan fingerprint density at radius 2 is 2.06 bits per heavy atom. The predicted octanol–water partition coefficient (Wildman–Crippen LogP) is 4.00. The molecule has 0 fully saturated rings. The first-order chi connectivity index (χ1) is 15.7. The van der Waals surface area contributed by atoms with E-state index >= 15 is 0 Å². The fraction of sp³-hybridized carbons (Fsp3) is 0.0870. The number of carbonyl (C=O) groups excluding carboxylic acids is 1. The zero-order valence-corrected chi connectivity index (χ0v) is 17.9. The molecule has 32 heavy (non-hydrogen) atoms. The van der Waals surface area contributed by atoms with Crippen LogP contribution in [0.1, 0.15) is 5.69 Å². The van der Waals surface area contributed by atoms with Crippen molar-refractivity contribution in [3.05, 3.63) is 76.7 Å². The Kier molecular flexibility index (Phi) is 5.30. The maximum absolute atomic E-state index is 11.7. The molecule has 160 valence electrons. The second-order valence-electron chi connectivity index (χ2n) is 6.94. The van der Waals surface area contributed by atoms with Crippen LogP contribution >= 0.6 is 11.3 Å². The van der Waals surface area contributed by atoms with Crippen LogP contribution < -0.4 is 19.6 Å². The lowest BCUT2D eigenvalue weighted by Crippen LogP contribution is -2.25. The van der Waals surface area contributed by atoms with Crippen LogP contribution in [0.2, 0.25) is 0 Å². The van der Waals surface area contributed by atoms with Crippen molar-refractivity contribution in [1.29, 1.82) is 0 Å². The highest BCUT2D eigenvalue weighted by molar-refractivity contribution is 7.07. The van der Waals surface area contributed by atoms with Crippen molar-refractivity contribution in [1.82, 2.24) is 9.66 Å². The molecule has 2 aromatic heterocycles. The number of aromatic nitrogens is 2. The molecule has 0 spiro atoms. The number of benzene rings is 2. The molecular formula is C23H19N5O3S. The van der Waals surface area contributed by atoms with Crippen molar-refractivity contribution in [3.8, 4) is 22.8 Å². The van der Waals surface area contributed by atoms with Gasteiger partial charge in [-0.2, -0.15) is 5.10 Å². The molecule has 0 unspecified atom stereocenters. The van der Waals surface area contributed by atoms with Gasteiger partial charge in [-0.15, -0.1) is 11.3 Å². The topological polar surface area (TPSA) is 93.0 Å². The number of nitrogens with one attached hydrogen (secondary N) is 2. The van der Waals surface area contributed by atoms with Gasteiger partial charge in [-0.25, -0.2) is 9.67 Å². The minimum absolute atomic E-state index is 0.0239. The SMILES string of the molecule is COc1ccc(N=c2scc(-c3ccc4c(c3)NC(=O)CO4)n2N=Cc2ccc[nH]2)cc1. The van der Waals surface area contributed by atoms with E-state index in [2.05, 4.69) is 15.4 Å². The number of nitrogens with zero attached hydrogens (tertiary/aromatic N) is 3. The van der Waals surface area contributed by atoms with Crippen LogP contribution in [-0.4, -0.2) is 35.5 Å². The Morgan fingerprint density at radius 1 is 1.19 bits per heavy atom. The summed E-state index contributed by atoms with van der Waals surface area (Å²) in [6.07, 6.45) is 3.59. The predicted molar refractivity (Wildman–Crippen MR) is 124 cm³/mol. The molecule has 8 nitrogen and oxygen atoms in total. The number of carbonyl (C=O) groups is 1. The van der Waals surface area contributed by atoms with Crippen molar-refractivity contribution in [2.45, 2.75) is 0 Å². The third kappa shape index (κ3) is 4.06. The van der Waals surface area contributed by atoms with Crippen molar-refractivity contribution in [2.24, 2.45) is 10.1 Å². The molecule has 9 heteroatoms. The largest absolute Gasteiger partial charge is 0.497 e. The summed E-state index contributed by atoms with van der Waals surface area (Å²) in [4.78, 5) is 20.3. The van der Waals surface area contributed by atoms with Gasteiger partial charge in [-0.3, -0.25) is 4.79 Å². The van der Waals surface area contributed by atoms with Gasteiger partial charge in [0.15, 0.2) is 6.61 Å². The zero-order chi connectivity index (χ0) is 21.9. The van der Waals surface area contributed by atoms with Gasteiger partial charge in [0.25, 0.3) is 5.91 Å². The number of methoxy groups -OCH3 is 1. The van der Waals surface area contributed by atoms with E-state index < -0.39 is 0 Å². The van der Waals surface area contributed by atoms with Crippen LogP contribution in [0, 0.1) is 0 Å². The molecule has 0 saturated heterocycles. The highest BCUT2D eigenvalue weighted by Crippen LogP contribution is 2.33. The van der Waals surface area contributed by atoms with Gasteiger partial charge in [0.05, 0.1) is 36.1 Å². The lowest BCUT2D eigenvalue weighted by Gasteiger charge is -2.18. The number of ether oxygens (including phenoxy) is 2. The van der Waals surface area contributed by atoms with Crippen LogP contribution in [0.25, 0.3) is 11.3 Å². The summed E-state index contributed by atoms with van der Waals surface area (Å²) in [6.45, 7) is 0.0239. The maximum atomic E-state index is 11.7. The average Bonchev–Trinajstić information content (AvgIpc) is 3.47. The number of anilines is 1. The minimum atomic E-state index is -0.173. The number of aromatic amines is 1. The molecule has 5 rings (SSSR count). The van der Waals surface area contributed by atoms with E-state index in [1.165, 1.54) is 11.3 Å². The first-order valence-electron chi connectivity index (χ1n) is 9.84. The number of amides is 1. The summed E-state index contributed by atoms with van der Waals surface area (Å²) in [5.74, 6) is 1.24. The third-order valence-corrected chi connectivity index (χ3v) is 5.64. The Hall–Kier alpha value is -4.11. The molecule has 4 aromatic rings. The van der Waals surface area contributed by atoms with E-state index in [1.807, 2.05) is 66.2 Å². The normalized spacial score (nSPS) is 13.7. The molecule has 1 aliphatic rings. The highest BCUT2D eigenvalue weighted by atomic mass is 32.1. The van der Waals surface area contributed by atoms with Crippen LogP contribution in [0.3, 0.4) is 0 Å². The van der Waals surface area contributed by atoms with Gasteiger partial charge in [-0.05, 0) is 54.6 Å². The Bertz CT molecular complexity index is 1350. The summed E-state index contributed by atoms with van der Waals surface area (Å²) in [5, 5.41) is 9.52. The third-order valence-electron chi connectivity index (χ3n) is 4.82. The minimum Gasteiger partial charge on any atom is -0.497 e. The van der Waals surface area contributed by atoms with E-state index in [0.717, 1.165) is 28.4 Å². The molecule has 0 saturated carbocycles. The van der Waals surface area contributed by atoms with Gasteiger partial charge < -0.3 is 19.8 Å². The highest BCUT2D eigenvalue weighted by Gasteiger charge is 2.17. The van der Waals surface area contributed by atoms with Gasteiger partial charge in [0.1, 0.15) is 11.5 Å². The molecule has 0 bridgehead atoms. The lowest BCUT2D eigenvalue weighted by atomic mass is 10.1. The van der Waals surface area contributed by atoms with E-state index in [0.29, 0.717) is 16.2 Å². The van der Waals surface area contributed by atoms with Crippen molar-refractivity contribution >= 4 is 34.8 Å². The second kappa shape index (κ2) is 8.56. The molecular weight excluding hydrogens is 426 g/mol. The summed E-state index contributed by atoms with van der Waals surface area (Å²) in [7, 11) is 1.63. The van der Waals surface area contributed by atoms with Crippen LogP contribution in [0.15, 0.2) is 76.3 Å². The van der Waals surface area contributed by atoms with Crippen LogP contribution in [0.5, 0.6) is 11.5 Å². The van der Waals surface area contributed by atoms with Crippen molar-refractivity contribution < 1.29 is 14.3 Å². The van der Waals surface area contributed by atoms with Crippen molar-refractivity contribution in [2.75, 3.05) is 19.0 Å². The van der Waals surface area contributed by atoms with Gasteiger partial charge in [0, 0.05) is 17.1 Å². The van der Waals surface area contributed by atoms with Crippen LogP contribution in [-0.2, 0) is 4.79 Å². The lowest BCUT2D eigenvalue weighted by molar-refractivity contribution is -0.118. The Balaban J connectivity index is 1.60. The van der Waals surface area contributed by atoms with Crippen molar-refractivity contribution in [3.63, 3.8) is 0 Å². The van der Waals surface area contributed by atoms with E-state index in [1.54, 1.807) is 18.0 Å². The van der Waals surface area contributed by atoms with E-state index in [9.17, 15) is 4.79 Å². The standard InChI is InChI=1S/C23H19N5O3S/c1-30-18-7-5-16(6-8-18)26-23-28(25-12-17-3-2-10-24-17)20(14-32-23)15-4-9-21-19(11-15)27-22(29)13-31-21/h2-12,14,24H,13H2,1H3,(H,27,29). The van der Waals surface area contributed by atoms with Crippen LogP contribution in [0.4, 0.5) is 11.4 Å². The van der Waals surface area contributed by atoms with Gasteiger partial charge in [-0.1, -0.05) is 0 Å². The quantitative estimate of drug-likeness (QED) is 0.455. The fourth-order valence-electron chi connectivity index (χ4n) is 3.24. The van der Waals surface area contributed by atoms with Gasteiger partial charge >= 0.3 is 0 Å². The fourth-order valence-corrected chi connectivity index (χ4v) is 4.10. The second-order valence-corrected chi connectivity index (χ2v) is 7.78. The number of thiazole rings is 1. The number of hydrogen-bond acceptors (Lipinski definition) is 6. The molecule has 0 atom stereocenters. The number of hydrogen-bond donors (Lipinski definition) is 2. The average molecular weight is 446 g/mol. The maximum Gasteiger partial charge on any atom is 0.262 e. The zero-order valence-electron chi connectivity index (χ0n) is 17.1. The Morgan fingerprint density at radius 3 is 2.84 bits per heavy atom. The number of rotatable bonds is 5. The molecule has 0 radical (unpaired) electrons. The molecule has 0 aliphatic carbocycles. The molecule has 2 N–H and O–H groups in total. The summed E-state index contributed by atoms with van der Waals surface area (Å²) in [5.41, 5.74) is 4.02. The van der Waals surface area contributed by atoms with Gasteiger partial charge in [0.2, 0.25) is 4.80 Å². The first kappa shape index (κ1) is 19.8. The molecule has 2 aromatic carbocycles. The monoisotopic (exact) mass is 445 g/mol. The summed E-state index contributed by atoms with van der Waals surface area (Å²) < 4.78 is 12.5. The molecule has 1 amide bonds. The van der Waals surface area contributed by atoms with E-state index in [4.69, 9.17) is 14.5 Å². The number of fused-ring (bicyclic) bond motifs is 1. The molecule has 3 heterocycles. The Labute approximate surface area is 187 Å². The molecule has 1 aliphatic heterocycles.